The van der Waals surface area contributed by atoms with Crippen LogP contribution in [-0.4, -0.2) is 24.5 Å². The third-order valence-corrected chi connectivity index (χ3v) is 2.93. The van der Waals surface area contributed by atoms with Crippen LogP contribution in [-0.2, 0) is 9.59 Å². The van der Waals surface area contributed by atoms with Crippen LogP contribution < -0.4 is 15.4 Å². The van der Waals surface area contributed by atoms with Crippen molar-refractivity contribution in [1.29, 1.82) is 0 Å². The molecule has 0 saturated heterocycles. The number of fused-ring (bicyclic) bond motifs is 1. The number of anilines is 1. The first-order valence-corrected chi connectivity index (χ1v) is 6.54. The van der Waals surface area contributed by atoms with Crippen molar-refractivity contribution in [2.45, 2.75) is 32.3 Å². The molecule has 5 heteroatoms. The van der Waals surface area contributed by atoms with Crippen molar-refractivity contribution in [3.8, 4) is 5.75 Å². The summed E-state index contributed by atoms with van der Waals surface area (Å²) in [6.07, 6.45) is 1.25. The van der Waals surface area contributed by atoms with Crippen molar-refractivity contribution < 1.29 is 14.3 Å². The maximum Gasteiger partial charge on any atom is 0.266 e. The van der Waals surface area contributed by atoms with Crippen molar-refractivity contribution >= 4 is 17.5 Å². The predicted octanol–water partition coefficient (Wildman–Crippen LogP) is 1.69. The Morgan fingerprint density at radius 2 is 2.21 bits per heavy atom. The molecule has 1 heterocycles. The molecule has 2 N–H and O–H groups in total. The Labute approximate surface area is 112 Å². The number of rotatable bonds is 5. The Morgan fingerprint density at radius 3 is 3.00 bits per heavy atom. The van der Waals surface area contributed by atoms with Crippen LogP contribution in [0.1, 0.15) is 26.2 Å². The van der Waals surface area contributed by atoms with Crippen LogP contribution >= 0.6 is 0 Å². The molecule has 0 fully saturated rings. The quantitative estimate of drug-likeness (QED) is 0.793. The number of carbonyl (C=O) groups is 2. The molecular formula is C14H18N2O3. The lowest BCUT2D eigenvalue weighted by molar-refractivity contribution is -0.130. The van der Waals surface area contributed by atoms with E-state index in [4.69, 9.17) is 4.74 Å². The molecule has 0 bridgehead atoms. The number of hydrogen-bond acceptors (Lipinski definition) is 3. The van der Waals surface area contributed by atoms with Crippen molar-refractivity contribution in [3.63, 3.8) is 0 Å². The standard InChI is InChI=1S/C14H18N2O3/c1-2-3-8-15-13(17)9-12-14(18)16-10-6-4-5-7-11(10)19-12/h4-7,12H,2-3,8-9H2,1H3,(H,15,17)(H,16,18). The molecule has 1 unspecified atom stereocenters. The Bertz CT molecular complexity index is 474. The second kappa shape index (κ2) is 6.22. The van der Waals surface area contributed by atoms with E-state index in [0.29, 0.717) is 18.0 Å². The van der Waals surface area contributed by atoms with Crippen LogP contribution in [0.2, 0.25) is 0 Å². The Morgan fingerprint density at radius 1 is 1.42 bits per heavy atom. The molecular weight excluding hydrogens is 244 g/mol. The van der Waals surface area contributed by atoms with Gasteiger partial charge in [0, 0.05) is 6.54 Å². The van der Waals surface area contributed by atoms with Gasteiger partial charge in [0.25, 0.3) is 5.91 Å². The summed E-state index contributed by atoms with van der Waals surface area (Å²) in [6.45, 7) is 2.70. The molecule has 1 aliphatic rings. The summed E-state index contributed by atoms with van der Waals surface area (Å²) in [5.41, 5.74) is 0.648. The molecule has 0 spiro atoms. The van der Waals surface area contributed by atoms with Crippen molar-refractivity contribution in [2.75, 3.05) is 11.9 Å². The van der Waals surface area contributed by atoms with Gasteiger partial charge < -0.3 is 15.4 Å². The zero-order chi connectivity index (χ0) is 13.7. The van der Waals surface area contributed by atoms with Gasteiger partial charge in [0.05, 0.1) is 12.1 Å². The van der Waals surface area contributed by atoms with E-state index >= 15 is 0 Å². The summed E-state index contributed by atoms with van der Waals surface area (Å²) in [5, 5.41) is 5.52. The summed E-state index contributed by atoms with van der Waals surface area (Å²) >= 11 is 0. The molecule has 2 rings (SSSR count). The Kier molecular flexibility index (Phi) is 4.39. The number of para-hydroxylation sites is 2. The highest BCUT2D eigenvalue weighted by atomic mass is 16.5. The minimum Gasteiger partial charge on any atom is -0.478 e. The fourth-order valence-corrected chi connectivity index (χ4v) is 1.87. The third-order valence-electron chi connectivity index (χ3n) is 2.93. The number of unbranched alkanes of at least 4 members (excludes halogenated alkanes) is 1. The van der Waals surface area contributed by atoms with Crippen LogP contribution in [0.15, 0.2) is 24.3 Å². The molecule has 0 radical (unpaired) electrons. The van der Waals surface area contributed by atoms with Gasteiger partial charge in [-0.1, -0.05) is 25.5 Å². The second-order valence-corrected chi connectivity index (χ2v) is 4.50. The maximum absolute atomic E-state index is 11.8. The monoisotopic (exact) mass is 262 g/mol. The fraction of sp³-hybridized carbons (Fsp3) is 0.429. The molecule has 19 heavy (non-hydrogen) atoms. The van der Waals surface area contributed by atoms with Gasteiger partial charge in [-0.25, -0.2) is 0 Å². The highest BCUT2D eigenvalue weighted by Gasteiger charge is 2.29. The van der Waals surface area contributed by atoms with Crippen LogP contribution in [0.3, 0.4) is 0 Å². The summed E-state index contributed by atoms with van der Waals surface area (Å²) in [4.78, 5) is 23.5. The van der Waals surface area contributed by atoms with Crippen LogP contribution in [0.25, 0.3) is 0 Å². The molecule has 1 atom stereocenters. The maximum atomic E-state index is 11.8. The number of ether oxygens (including phenoxy) is 1. The fourth-order valence-electron chi connectivity index (χ4n) is 1.87. The first-order valence-electron chi connectivity index (χ1n) is 6.54. The van der Waals surface area contributed by atoms with Gasteiger partial charge in [-0.15, -0.1) is 0 Å². The lowest BCUT2D eigenvalue weighted by Crippen LogP contribution is -2.41. The van der Waals surface area contributed by atoms with E-state index in [9.17, 15) is 9.59 Å². The summed E-state index contributed by atoms with van der Waals surface area (Å²) in [7, 11) is 0. The average Bonchev–Trinajstić information content (AvgIpc) is 2.40. The second-order valence-electron chi connectivity index (χ2n) is 4.50. The predicted molar refractivity (Wildman–Crippen MR) is 72.0 cm³/mol. The van der Waals surface area contributed by atoms with Crippen molar-refractivity contribution in [3.05, 3.63) is 24.3 Å². The molecule has 0 saturated carbocycles. The minimum atomic E-state index is -0.753. The van der Waals surface area contributed by atoms with E-state index in [2.05, 4.69) is 17.6 Å². The third kappa shape index (κ3) is 3.47. The topological polar surface area (TPSA) is 67.4 Å². The molecule has 1 aromatic carbocycles. The summed E-state index contributed by atoms with van der Waals surface area (Å²) in [6, 6.07) is 7.19. The van der Waals surface area contributed by atoms with Gasteiger partial charge >= 0.3 is 0 Å². The van der Waals surface area contributed by atoms with E-state index in [0.717, 1.165) is 12.8 Å². The highest BCUT2D eigenvalue weighted by Crippen LogP contribution is 2.29. The highest BCUT2D eigenvalue weighted by molar-refractivity contribution is 5.99. The average molecular weight is 262 g/mol. The lowest BCUT2D eigenvalue weighted by Gasteiger charge is -2.25. The van der Waals surface area contributed by atoms with Gasteiger partial charge in [0.2, 0.25) is 5.91 Å². The smallest absolute Gasteiger partial charge is 0.266 e. The van der Waals surface area contributed by atoms with Gasteiger partial charge in [-0.2, -0.15) is 0 Å². The van der Waals surface area contributed by atoms with Gasteiger partial charge in [-0.3, -0.25) is 9.59 Å². The van der Waals surface area contributed by atoms with Gasteiger partial charge in [0.1, 0.15) is 5.75 Å². The van der Waals surface area contributed by atoms with E-state index in [1.807, 2.05) is 12.1 Å². The van der Waals surface area contributed by atoms with E-state index in [1.165, 1.54) is 0 Å². The van der Waals surface area contributed by atoms with Gasteiger partial charge in [0.15, 0.2) is 6.10 Å². The summed E-state index contributed by atoms with van der Waals surface area (Å²) in [5.74, 6) is 0.172. The number of carbonyl (C=O) groups excluding carboxylic acids is 2. The van der Waals surface area contributed by atoms with Crippen LogP contribution in [0.5, 0.6) is 5.75 Å². The molecule has 1 aliphatic heterocycles. The SMILES string of the molecule is CCCCNC(=O)CC1Oc2ccccc2NC1=O. The van der Waals surface area contributed by atoms with Gasteiger partial charge in [-0.05, 0) is 18.6 Å². The zero-order valence-electron chi connectivity index (χ0n) is 10.9. The first-order chi connectivity index (χ1) is 9.20. The summed E-state index contributed by atoms with van der Waals surface area (Å²) < 4.78 is 5.55. The zero-order valence-corrected chi connectivity index (χ0v) is 10.9. The number of hydrogen-bond donors (Lipinski definition) is 2. The normalized spacial score (nSPS) is 17.1. The number of nitrogens with one attached hydrogen (secondary N) is 2. The molecule has 5 nitrogen and oxygen atoms in total. The number of benzene rings is 1. The van der Waals surface area contributed by atoms with E-state index < -0.39 is 6.10 Å². The molecule has 102 valence electrons. The Hall–Kier alpha value is -2.04. The Balaban J connectivity index is 1.92. The van der Waals surface area contributed by atoms with Crippen LogP contribution in [0, 0.1) is 0 Å². The van der Waals surface area contributed by atoms with E-state index in [-0.39, 0.29) is 18.2 Å². The van der Waals surface area contributed by atoms with Crippen molar-refractivity contribution in [1.82, 2.24) is 5.32 Å². The molecule has 0 aromatic heterocycles. The minimum absolute atomic E-state index is 0.0455. The largest absolute Gasteiger partial charge is 0.478 e. The van der Waals surface area contributed by atoms with E-state index in [1.54, 1.807) is 12.1 Å². The molecule has 0 aliphatic carbocycles. The van der Waals surface area contributed by atoms with Crippen LogP contribution in [0.4, 0.5) is 5.69 Å². The lowest BCUT2D eigenvalue weighted by atomic mass is 10.1. The molecule has 1 aromatic rings. The number of amides is 2. The van der Waals surface area contributed by atoms with Crippen molar-refractivity contribution in [2.24, 2.45) is 0 Å². The first kappa shape index (κ1) is 13.4. The molecule has 2 amide bonds.